The fourth-order valence-corrected chi connectivity index (χ4v) is 3.68. The molecule has 2 N–H and O–H groups in total. The van der Waals surface area contributed by atoms with Crippen molar-refractivity contribution in [2.45, 2.75) is 6.92 Å². The highest BCUT2D eigenvalue weighted by Crippen LogP contribution is 2.26. The van der Waals surface area contributed by atoms with E-state index in [1.54, 1.807) is 42.6 Å². The van der Waals surface area contributed by atoms with E-state index in [1.807, 2.05) is 43.3 Å². The number of ether oxygens (including phenoxy) is 1. The Morgan fingerprint density at radius 1 is 0.812 bits per heavy atom. The highest BCUT2D eigenvalue weighted by atomic mass is 16.5. The number of aromatic amines is 2. The number of H-pyrrole nitrogens is 2. The molecule has 5 aromatic rings. The van der Waals surface area contributed by atoms with E-state index in [0.29, 0.717) is 28.3 Å². The summed E-state index contributed by atoms with van der Waals surface area (Å²) in [4.78, 5) is 43.8. The summed E-state index contributed by atoms with van der Waals surface area (Å²) >= 11 is 0. The summed E-state index contributed by atoms with van der Waals surface area (Å²) in [5, 5.41) is 0.688. The molecule has 3 aromatic carbocycles. The van der Waals surface area contributed by atoms with Gasteiger partial charge < -0.3 is 9.72 Å². The van der Waals surface area contributed by atoms with Crippen molar-refractivity contribution in [3.05, 3.63) is 116 Å². The molecule has 0 spiro atoms. The van der Waals surface area contributed by atoms with E-state index >= 15 is 0 Å². The fraction of sp³-hybridized carbons (Fsp3) is 0.0417. The van der Waals surface area contributed by atoms with Crippen molar-refractivity contribution in [2.75, 3.05) is 0 Å². The number of nitrogens with zero attached hydrogens (tertiary/aromatic N) is 2. The van der Waals surface area contributed by atoms with E-state index in [1.165, 1.54) is 0 Å². The maximum Gasteiger partial charge on any atom is 0.345 e. The van der Waals surface area contributed by atoms with Crippen LogP contribution in [0.15, 0.2) is 93.4 Å². The van der Waals surface area contributed by atoms with Crippen LogP contribution in [-0.2, 0) is 0 Å². The topological polar surface area (TPSA) is 102 Å². The van der Waals surface area contributed by atoms with Crippen LogP contribution in [0.2, 0.25) is 0 Å². The molecule has 0 unspecified atom stereocenters. The molecule has 0 fully saturated rings. The van der Waals surface area contributed by atoms with E-state index in [-0.39, 0.29) is 0 Å². The number of fused-ring (bicyclic) bond motifs is 1. The van der Waals surface area contributed by atoms with Gasteiger partial charge in [0, 0.05) is 17.1 Å². The Labute approximate surface area is 181 Å². The minimum absolute atomic E-state index is 0.323. The standard InChI is InChI=1S/C24H18N4O4/c1-15-14-16(10-11-21(15)32-17-6-3-2-4-7-17)27-22(29)26-23(30)28(24(27)31)20-9-5-8-19-18(20)12-13-25-19/h2-14,25H,1H3,(H,26,29,30). The average molecular weight is 426 g/mol. The Morgan fingerprint density at radius 2 is 1.59 bits per heavy atom. The van der Waals surface area contributed by atoms with Crippen LogP contribution in [0.25, 0.3) is 22.3 Å². The van der Waals surface area contributed by atoms with E-state index in [9.17, 15) is 14.4 Å². The lowest BCUT2D eigenvalue weighted by Gasteiger charge is -2.13. The second-order valence-electron chi connectivity index (χ2n) is 7.27. The Bertz CT molecular complexity index is 1620. The summed E-state index contributed by atoms with van der Waals surface area (Å²) in [5.74, 6) is 1.27. The SMILES string of the molecule is Cc1cc(-n2c(=O)[nH]c(=O)n(-c3cccc4[nH]ccc34)c2=O)ccc1Oc1ccccc1. The zero-order valence-corrected chi connectivity index (χ0v) is 17.0. The van der Waals surface area contributed by atoms with Crippen LogP contribution in [0.5, 0.6) is 11.5 Å². The number of hydrogen-bond donors (Lipinski definition) is 2. The molecule has 0 aliphatic heterocycles. The highest BCUT2D eigenvalue weighted by Gasteiger charge is 2.16. The van der Waals surface area contributed by atoms with Gasteiger partial charge in [-0.25, -0.2) is 23.5 Å². The highest BCUT2D eigenvalue weighted by molar-refractivity contribution is 5.87. The van der Waals surface area contributed by atoms with Crippen molar-refractivity contribution >= 4 is 10.9 Å². The van der Waals surface area contributed by atoms with E-state index < -0.39 is 17.1 Å². The predicted octanol–water partition coefficient (Wildman–Crippen LogP) is 3.26. The minimum Gasteiger partial charge on any atom is -0.457 e. The largest absolute Gasteiger partial charge is 0.457 e. The normalized spacial score (nSPS) is 11.0. The lowest BCUT2D eigenvalue weighted by Crippen LogP contribution is -2.48. The molecule has 5 rings (SSSR count). The maximum atomic E-state index is 13.3. The van der Waals surface area contributed by atoms with Gasteiger partial charge in [0.2, 0.25) is 0 Å². The van der Waals surface area contributed by atoms with Gasteiger partial charge >= 0.3 is 17.1 Å². The van der Waals surface area contributed by atoms with Crippen LogP contribution < -0.4 is 21.8 Å². The van der Waals surface area contributed by atoms with Gasteiger partial charge in [-0.15, -0.1) is 0 Å². The third-order valence-electron chi connectivity index (χ3n) is 5.20. The van der Waals surface area contributed by atoms with Gasteiger partial charge in [0.05, 0.1) is 11.4 Å². The Hall–Kier alpha value is -4.59. The van der Waals surface area contributed by atoms with Crippen LogP contribution in [0.3, 0.4) is 0 Å². The van der Waals surface area contributed by atoms with Gasteiger partial charge in [-0.3, -0.25) is 4.98 Å². The van der Waals surface area contributed by atoms with Gasteiger partial charge in [0.25, 0.3) is 0 Å². The fourth-order valence-electron chi connectivity index (χ4n) is 3.68. The molecular weight excluding hydrogens is 408 g/mol. The molecule has 2 aromatic heterocycles. The van der Waals surface area contributed by atoms with Crippen LogP contribution in [0, 0.1) is 6.92 Å². The lowest BCUT2D eigenvalue weighted by atomic mass is 10.2. The number of hydrogen-bond acceptors (Lipinski definition) is 4. The monoisotopic (exact) mass is 426 g/mol. The molecule has 32 heavy (non-hydrogen) atoms. The molecule has 158 valence electrons. The zero-order valence-electron chi connectivity index (χ0n) is 17.0. The van der Waals surface area contributed by atoms with Gasteiger partial charge in [-0.05, 0) is 61.0 Å². The third kappa shape index (κ3) is 3.24. The molecule has 0 saturated carbocycles. The van der Waals surface area contributed by atoms with Crippen LogP contribution >= 0.6 is 0 Å². The van der Waals surface area contributed by atoms with Crippen molar-refractivity contribution in [2.24, 2.45) is 0 Å². The molecule has 0 atom stereocenters. The molecule has 0 saturated heterocycles. The van der Waals surface area contributed by atoms with Crippen molar-refractivity contribution in [1.29, 1.82) is 0 Å². The molecule has 0 amide bonds. The molecule has 2 heterocycles. The quantitative estimate of drug-likeness (QED) is 0.461. The minimum atomic E-state index is -0.811. The first kappa shape index (κ1) is 19.4. The van der Waals surface area contributed by atoms with Crippen LogP contribution in [-0.4, -0.2) is 19.1 Å². The zero-order chi connectivity index (χ0) is 22.2. The summed E-state index contributed by atoms with van der Waals surface area (Å²) in [6.45, 7) is 1.82. The van der Waals surface area contributed by atoms with Gasteiger partial charge in [-0.2, -0.15) is 0 Å². The number of rotatable bonds is 4. The summed E-state index contributed by atoms with van der Waals surface area (Å²) in [7, 11) is 0. The van der Waals surface area contributed by atoms with Crippen molar-refractivity contribution in [3.63, 3.8) is 0 Å². The molecule has 0 aliphatic rings. The van der Waals surface area contributed by atoms with E-state index in [0.717, 1.165) is 20.2 Å². The number of aromatic nitrogens is 4. The average Bonchev–Trinajstić information content (AvgIpc) is 3.26. The second kappa shape index (κ2) is 7.59. The Kier molecular flexibility index (Phi) is 4.59. The molecule has 0 radical (unpaired) electrons. The smallest absolute Gasteiger partial charge is 0.345 e. The van der Waals surface area contributed by atoms with Crippen molar-refractivity contribution < 1.29 is 4.74 Å². The van der Waals surface area contributed by atoms with Gasteiger partial charge in [0.15, 0.2) is 0 Å². The molecule has 8 heteroatoms. The van der Waals surface area contributed by atoms with Crippen molar-refractivity contribution in [1.82, 2.24) is 19.1 Å². The first-order chi connectivity index (χ1) is 15.5. The number of para-hydroxylation sites is 1. The van der Waals surface area contributed by atoms with E-state index in [4.69, 9.17) is 4.74 Å². The number of aryl methyl sites for hydroxylation is 1. The van der Waals surface area contributed by atoms with Gasteiger partial charge in [0.1, 0.15) is 11.5 Å². The summed E-state index contributed by atoms with van der Waals surface area (Å²) in [5.41, 5.74) is -0.176. The van der Waals surface area contributed by atoms with Crippen molar-refractivity contribution in [3.8, 4) is 22.9 Å². The Morgan fingerprint density at radius 3 is 2.38 bits per heavy atom. The summed E-state index contributed by atoms with van der Waals surface area (Å²) < 4.78 is 7.78. The summed E-state index contributed by atoms with van der Waals surface area (Å²) in [6, 6.07) is 21.2. The maximum absolute atomic E-state index is 13.3. The first-order valence-electron chi connectivity index (χ1n) is 9.92. The molecule has 8 nitrogen and oxygen atoms in total. The number of nitrogens with one attached hydrogen (secondary N) is 2. The third-order valence-corrected chi connectivity index (χ3v) is 5.20. The first-order valence-corrected chi connectivity index (χ1v) is 9.92. The lowest BCUT2D eigenvalue weighted by molar-refractivity contribution is 0.478. The predicted molar refractivity (Wildman–Crippen MR) is 121 cm³/mol. The second-order valence-corrected chi connectivity index (χ2v) is 7.27. The van der Waals surface area contributed by atoms with Gasteiger partial charge in [-0.1, -0.05) is 24.3 Å². The number of benzene rings is 3. The molecule has 0 bridgehead atoms. The summed E-state index contributed by atoms with van der Waals surface area (Å²) in [6.07, 6.45) is 1.72. The van der Waals surface area contributed by atoms with Crippen LogP contribution in [0.1, 0.15) is 5.56 Å². The van der Waals surface area contributed by atoms with E-state index in [2.05, 4.69) is 9.97 Å². The molecule has 0 aliphatic carbocycles. The molecular formula is C24H18N4O4. The van der Waals surface area contributed by atoms with Crippen LogP contribution in [0.4, 0.5) is 0 Å². The Balaban J connectivity index is 1.65.